The van der Waals surface area contributed by atoms with Gasteiger partial charge in [0.25, 0.3) is 0 Å². The van der Waals surface area contributed by atoms with E-state index >= 15 is 0 Å². The molecule has 1 unspecified atom stereocenters. The Balaban J connectivity index is 2.03. The minimum absolute atomic E-state index is 0.0317. The highest BCUT2D eigenvalue weighted by molar-refractivity contribution is 4.61. The van der Waals surface area contributed by atoms with Crippen LogP contribution in [0.4, 0.5) is 0 Å². The molecule has 0 spiro atoms. The van der Waals surface area contributed by atoms with Gasteiger partial charge in [-0.05, 0) is 0 Å². The van der Waals surface area contributed by atoms with Gasteiger partial charge in [-0.25, -0.2) is 0 Å². The van der Waals surface area contributed by atoms with E-state index in [1.807, 2.05) is 0 Å². The second kappa shape index (κ2) is 7.10. The second-order valence-electron chi connectivity index (χ2n) is 3.52. The van der Waals surface area contributed by atoms with Crippen LogP contribution in [0.5, 0.6) is 0 Å². The summed E-state index contributed by atoms with van der Waals surface area (Å²) in [5.74, 6) is 0.0317. The lowest BCUT2D eigenvalue weighted by molar-refractivity contribution is -0.227. The van der Waals surface area contributed by atoms with Crippen LogP contribution >= 0.6 is 0 Å². The Morgan fingerprint density at radius 3 is 2.47 bits per heavy atom. The molecule has 15 heavy (non-hydrogen) atoms. The summed E-state index contributed by atoms with van der Waals surface area (Å²) in [7, 11) is 0. The van der Waals surface area contributed by atoms with Crippen LogP contribution in [0.15, 0.2) is 0 Å². The third-order valence-electron chi connectivity index (χ3n) is 2.07. The molecule has 0 aromatic rings. The zero-order chi connectivity index (χ0) is 11.1. The minimum Gasteiger partial charge on any atom is -0.396 e. The predicted octanol–water partition coefficient (Wildman–Crippen LogP) is -1.66. The maximum atomic E-state index is 8.98. The van der Waals surface area contributed by atoms with E-state index in [-0.39, 0.29) is 32.3 Å². The van der Waals surface area contributed by atoms with Gasteiger partial charge in [0.15, 0.2) is 6.29 Å². The molecule has 0 saturated carbocycles. The lowest BCUT2D eigenvalue weighted by Crippen LogP contribution is -2.37. The van der Waals surface area contributed by atoms with E-state index in [9.17, 15) is 0 Å². The first-order valence-corrected chi connectivity index (χ1v) is 4.97. The molecule has 0 radical (unpaired) electrons. The normalized spacial score (nSPS) is 29.0. The Bertz CT molecular complexity index is 157. The van der Waals surface area contributed by atoms with Crippen LogP contribution in [-0.2, 0) is 14.2 Å². The van der Waals surface area contributed by atoms with E-state index in [0.717, 1.165) is 0 Å². The van der Waals surface area contributed by atoms with Crippen molar-refractivity contribution in [1.82, 2.24) is 0 Å². The Hall–Kier alpha value is -0.240. The first-order valence-electron chi connectivity index (χ1n) is 4.97. The number of hydrogen-bond donors (Lipinski definition) is 3. The Morgan fingerprint density at radius 2 is 1.93 bits per heavy atom. The monoisotopic (exact) mass is 222 g/mol. The van der Waals surface area contributed by atoms with Crippen molar-refractivity contribution in [2.75, 3.05) is 39.6 Å². The zero-order valence-corrected chi connectivity index (χ0v) is 8.54. The summed E-state index contributed by atoms with van der Waals surface area (Å²) in [6.07, 6.45) is -1.31. The van der Waals surface area contributed by atoms with Gasteiger partial charge in [-0.15, -0.1) is 0 Å². The van der Waals surface area contributed by atoms with Crippen LogP contribution in [0.1, 0.15) is 0 Å². The van der Waals surface area contributed by atoms with E-state index in [1.165, 1.54) is 0 Å². The molecule has 1 saturated heterocycles. The fourth-order valence-corrected chi connectivity index (χ4v) is 1.14. The van der Waals surface area contributed by atoms with Gasteiger partial charge in [0.05, 0.1) is 39.6 Å². The van der Waals surface area contributed by atoms with Gasteiger partial charge in [-0.1, -0.05) is 0 Å². The zero-order valence-electron chi connectivity index (χ0n) is 8.54. The summed E-state index contributed by atoms with van der Waals surface area (Å²) in [6.45, 7) is 0.911. The number of aliphatic hydroxyl groups excluding tert-OH is 3. The van der Waals surface area contributed by atoms with Crippen molar-refractivity contribution >= 4 is 0 Å². The third kappa shape index (κ3) is 4.87. The highest BCUT2D eigenvalue weighted by Crippen LogP contribution is 2.10. The molecule has 1 heterocycles. The Labute approximate surface area is 88.4 Å². The molecule has 0 aromatic carbocycles. The maximum Gasteiger partial charge on any atom is 0.180 e. The molecule has 1 aliphatic heterocycles. The number of hydrogen-bond acceptors (Lipinski definition) is 6. The van der Waals surface area contributed by atoms with Crippen LogP contribution in [-0.4, -0.2) is 67.4 Å². The molecule has 0 amide bonds. The summed E-state index contributed by atoms with van der Waals surface area (Å²) < 4.78 is 15.6. The van der Waals surface area contributed by atoms with Crippen molar-refractivity contribution in [1.29, 1.82) is 0 Å². The highest BCUT2D eigenvalue weighted by atomic mass is 16.7. The van der Waals surface area contributed by atoms with Gasteiger partial charge in [0.1, 0.15) is 6.10 Å². The molecule has 1 fully saturated rings. The van der Waals surface area contributed by atoms with E-state index in [2.05, 4.69) is 0 Å². The fourth-order valence-electron chi connectivity index (χ4n) is 1.14. The quantitative estimate of drug-likeness (QED) is 0.498. The summed E-state index contributed by atoms with van der Waals surface area (Å²) in [6, 6.07) is 0. The molecule has 6 heteroatoms. The molecule has 1 aliphatic rings. The maximum absolute atomic E-state index is 8.98. The van der Waals surface area contributed by atoms with Gasteiger partial charge in [0, 0.05) is 5.92 Å². The molecular weight excluding hydrogens is 204 g/mol. The molecular formula is C9H18O6. The molecule has 0 bridgehead atoms. The summed E-state index contributed by atoms with van der Waals surface area (Å²) in [4.78, 5) is 0. The topological polar surface area (TPSA) is 88.4 Å². The Morgan fingerprint density at radius 1 is 1.27 bits per heavy atom. The van der Waals surface area contributed by atoms with Crippen LogP contribution in [0, 0.1) is 5.92 Å². The van der Waals surface area contributed by atoms with Crippen molar-refractivity contribution in [3.05, 3.63) is 0 Å². The summed E-state index contributed by atoms with van der Waals surface area (Å²) in [5.41, 5.74) is 0. The van der Waals surface area contributed by atoms with Crippen molar-refractivity contribution in [2.45, 2.75) is 12.4 Å². The van der Waals surface area contributed by atoms with Crippen LogP contribution in [0.2, 0.25) is 0 Å². The lowest BCUT2D eigenvalue weighted by Gasteiger charge is -2.28. The molecule has 6 nitrogen and oxygen atoms in total. The lowest BCUT2D eigenvalue weighted by atomic mass is 10.2. The summed E-state index contributed by atoms with van der Waals surface area (Å²) in [5, 5.41) is 26.3. The molecule has 90 valence electrons. The fraction of sp³-hybridized carbons (Fsp3) is 1.00. The molecule has 0 aliphatic carbocycles. The molecule has 1 rings (SSSR count). The SMILES string of the molecule is OCC(O)COCC1OCC(CO)CO1. The van der Waals surface area contributed by atoms with Crippen LogP contribution in [0.3, 0.4) is 0 Å². The number of aliphatic hydroxyl groups is 3. The van der Waals surface area contributed by atoms with Crippen molar-refractivity contribution in [3.8, 4) is 0 Å². The Kier molecular flexibility index (Phi) is 6.07. The van der Waals surface area contributed by atoms with Gasteiger partial charge < -0.3 is 29.5 Å². The van der Waals surface area contributed by atoms with Crippen molar-refractivity contribution < 1.29 is 29.5 Å². The first-order chi connectivity index (χ1) is 7.26. The van der Waals surface area contributed by atoms with Crippen LogP contribution < -0.4 is 0 Å². The average Bonchev–Trinajstić information content (AvgIpc) is 2.29. The predicted molar refractivity (Wildman–Crippen MR) is 50.2 cm³/mol. The standard InChI is InChI=1S/C9H18O6/c10-1-7-3-14-9(15-4-7)6-13-5-8(12)2-11/h7-12H,1-6H2. The van der Waals surface area contributed by atoms with E-state index < -0.39 is 12.4 Å². The van der Waals surface area contributed by atoms with Crippen LogP contribution in [0.25, 0.3) is 0 Å². The van der Waals surface area contributed by atoms with Crippen molar-refractivity contribution in [3.63, 3.8) is 0 Å². The van der Waals surface area contributed by atoms with Gasteiger partial charge in [-0.3, -0.25) is 0 Å². The average molecular weight is 222 g/mol. The van der Waals surface area contributed by atoms with E-state index in [0.29, 0.717) is 13.2 Å². The second-order valence-corrected chi connectivity index (χ2v) is 3.52. The number of rotatable bonds is 6. The van der Waals surface area contributed by atoms with E-state index in [1.54, 1.807) is 0 Å². The smallest absolute Gasteiger partial charge is 0.180 e. The molecule has 1 atom stereocenters. The van der Waals surface area contributed by atoms with E-state index in [4.69, 9.17) is 29.5 Å². The largest absolute Gasteiger partial charge is 0.396 e. The number of ether oxygens (including phenoxy) is 3. The highest BCUT2D eigenvalue weighted by Gasteiger charge is 2.21. The summed E-state index contributed by atoms with van der Waals surface area (Å²) >= 11 is 0. The third-order valence-corrected chi connectivity index (χ3v) is 2.07. The van der Waals surface area contributed by atoms with Gasteiger partial charge in [-0.2, -0.15) is 0 Å². The molecule has 3 N–H and O–H groups in total. The van der Waals surface area contributed by atoms with Crippen molar-refractivity contribution in [2.24, 2.45) is 5.92 Å². The first kappa shape index (κ1) is 12.8. The van der Waals surface area contributed by atoms with Gasteiger partial charge >= 0.3 is 0 Å². The van der Waals surface area contributed by atoms with Gasteiger partial charge in [0.2, 0.25) is 0 Å². The molecule has 0 aromatic heterocycles. The minimum atomic E-state index is -0.862.